The third-order valence-electron chi connectivity index (χ3n) is 4.08. The molecule has 5 heteroatoms. The number of urea groups is 1. The van der Waals surface area contributed by atoms with E-state index in [9.17, 15) is 4.79 Å². The van der Waals surface area contributed by atoms with Crippen LogP contribution in [0.2, 0.25) is 0 Å². The number of nitrogens with zero attached hydrogens (tertiary/aromatic N) is 2. The Morgan fingerprint density at radius 1 is 1.33 bits per heavy atom. The highest BCUT2D eigenvalue weighted by Crippen LogP contribution is 2.16. The van der Waals surface area contributed by atoms with E-state index in [4.69, 9.17) is 5.11 Å². The Morgan fingerprint density at radius 3 is 2.62 bits per heavy atom. The van der Waals surface area contributed by atoms with Gasteiger partial charge in [0, 0.05) is 45.5 Å². The summed E-state index contributed by atoms with van der Waals surface area (Å²) in [5, 5.41) is 12.1. The molecule has 0 aromatic heterocycles. The van der Waals surface area contributed by atoms with Crippen molar-refractivity contribution in [2.75, 3.05) is 44.7 Å². The van der Waals surface area contributed by atoms with Crippen molar-refractivity contribution in [2.24, 2.45) is 5.92 Å². The molecule has 0 atom stereocenters. The van der Waals surface area contributed by atoms with Crippen LogP contribution in [0.4, 0.5) is 10.5 Å². The summed E-state index contributed by atoms with van der Waals surface area (Å²) in [5.74, 6) is 0.360. The quantitative estimate of drug-likeness (QED) is 0.865. The molecule has 0 spiro atoms. The Labute approximate surface area is 126 Å². The first-order valence-corrected chi connectivity index (χ1v) is 7.60. The molecular weight excluding hydrogens is 266 g/mol. The molecule has 0 unspecified atom stereocenters. The lowest BCUT2D eigenvalue weighted by Gasteiger charge is -2.31. The molecule has 116 valence electrons. The van der Waals surface area contributed by atoms with Crippen LogP contribution < -0.4 is 10.2 Å². The van der Waals surface area contributed by atoms with Crippen molar-refractivity contribution in [3.63, 3.8) is 0 Å². The van der Waals surface area contributed by atoms with Crippen molar-refractivity contribution >= 4 is 11.7 Å². The molecule has 0 saturated carbocycles. The van der Waals surface area contributed by atoms with Crippen LogP contribution in [0.25, 0.3) is 0 Å². The van der Waals surface area contributed by atoms with Gasteiger partial charge >= 0.3 is 6.03 Å². The van der Waals surface area contributed by atoms with E-state index in [1.54, 1.807) is 0 Å². The smallest absolute Gasteiger partial charge is 0.317 e. The summed E-state index contributed by atoms with van der Waals surface area (Å²) in [6.07, 6.45) is 1.79. The fraction of sp³-hybridized carbons (Fsp3) is 0.562. The number of nitrogens with one attached hydrogen (secondary N) is 1. The first-order chi connectivity index (χ1) is 10.2. The Morgan fingerprint density at radius 2 is 2.00 bits per heavy atom. The van der Waals surface area contributed by atoms with E-state index in [1.165, 1.54) is 0 Å². The predicted molar refractivity (Wildman–Crippen MR) is 84.5 cm³/mol. The number of carbonyl (C=O) groups is 1. The zero-order valence-electron chi connectivity index (χ0n) is 12.7. The second kappa shape index (κ2) is 7.88. The van der Waals surface area contributed by atoms with Gasteiger partial charge in [0.05, 0.1) is 0 Å². The fourth-order valence-electron chi connectivity index (χ4n) is 2.57. The molecule has 0 bridgehead atoms. The molecule has 0 radical (unpaired) electrons. The summed E-state index contributed by atoms with van der Waals surface area (Å²) in [7, 11) is 2.02. The van der Waals surface area contributed by atoms with Gasteiger partial charge < -0.3 is 20.2 Å². The minimum Gasteiger partial charge on any atom is -0.396 e. The number of para-hydroxylation sites is 1. The molecule has 2 amide bonds. The van der Waals surface area contributed by atoms with Gasteiger partial charge in [0.1, 0.15) is 0 Å². The topological polar surface area (TPSA) is 55.8 Å². The average molecular weight is 291 g/mol. The van der Waals surface area contributed by atoms with Crippen molar-refractivity contribution in [1.29, 1.82) is 0 Å². The SMILES string of the molecule is CN(CCNC(=O)N1CCC(CO)CC1)c1ccccc1. The first kappa shape index (κ1) is 15.6. The monoisotopic (exact) mass is 291 g/mol. The summed E-state index contributed by atoms with van der Waals surface area (Å²) in [6, 6.07) is 10.1. The number of hydrogen-bond acceptors (Lipinski definition) is 3. The molecule has 1 saturated heterocycles. The summed E-state index contributed by atoms with van der Waals surface area (Å²) < 4.78 is 0. The van der Waals surface area contributed by atoms with Crippen molar-refractivity contribution in [3.05, 3.63) is 30.3 Å². The Kier molecular flexibility index (Phi) is 5.87. The standard InChI is InChI=1S/C16H25N3O2/c1-18(15-5-3-2-4-6-15)12-9-17-16(21)19-10-7-14(13-20)8-11-19/h2-6,14,20H,7-13H2,1H3,(H,17,21). The van der Waals surface area contributed by atoms with E-state index in [2.05, 4.69) is 22.3 Å². The molecule has 0 aliphatic carbocycles. The van der Waals surface area contributed by atoms with Gasteiger partial charge in [0.2, 0.25) is 0 Å². The van der Waals surface area contributed by atoms with Gasteiger partial charge in [0.15, 0.2) is 0 Å². The zero-order chi connectivity index (χ0) is 15.1. The van der Waals surface area contributed by atoms with Crippen LogP contribution in [0.1, 0.15) is 12.8 Å². The Balaban J connectivity index is 1.68. The molecule has 2 rings (SSSR count). The van der Waals surface area contributed by atoms with Gasteiger partial charge in [-0.05, 0) is 30.9 Å². The number of aliphatic hydroxyl groups is 1. The zero-order valence-corrected chi connectivity index (χ0v) is 12.7. The van der Waals surface area contributed by atoms with E-state index >= 15 is 0 Å². The second-order valence-corrected chi connectivity index (χ2v) is 5.60. The minimum atomic E-state index is 0.00727. The molecule has 1 fully saturated rings. The van der Waals surface area contributed by atoms with Crippen LogP contribution in [0.5, 0.6) is 0 Å². The largest absolute Gasteiger partial charge is 0.396 e. The molecule has 1 aliphatic heterocycles. The van der Waals surface area contributed by atoms with Crippen LogP contribution in [0.3, 0.4) is 0 Å². The van der Waals surface area contributed by atoms with E-state index in [1.807, 2.05) is 30.1 Å². The van der Waals surface area contributed by atoms with Crippen molar-refractivity contribution in [1.82, 2.24) is 10.2 Å². The molecule has 1 aromatic carbocycles. The van der Waals surface area contributed by atoms with Crippen LogP contribution in [0.15, 0.2) is 30.3 Å². The van der Waals surface area contributed by atoms with Gasteiger partial charge in [0.25, 0.3) is 0 Å². The number of aliphatic hydroxyl groups excluding tert-OH is 1. The van der Waals surface area contributed by atoms with E-state index in [-0.39, 0.29) is 12.6 Å². The second-order valence-electron chi connectivity index (χ2n) is 5.60. The highest BCUT2D eigenvalue weighted by atomic mass is 16.3. The maximum absolute atomic E-state index is 12.0. The summed E-state index contributed by atoms with van der Waals surface area (Å²) in [4.78, 5) is 16.0. The van der Waals surface area contributed by atoms with Crippen molar-refractivity contribution in [3.8, 4) is 0 Å². The highest BCUT2D eigenvalue weighted by Gasteiger charge is 2.21. The summed E-state index contributed by atoms with van der Waals surface area (Å²) in [5.41, 5.74) is 1.15. The third kappa shape index (κ3) is 4.63. The van der Waals surface area contributed by atoms with Gasteiger partial charge in [-0.15, -0.1) is 0 Å². The van der Waals surface area contributed by atoms with Gasteiger partial charge in [-0.1, -0.05) is 18.2 Å². The maximum Gasteiger partial charge on any atom is 0.317 e. The molecular formula is C16H25N3O2. The number of benzene rings is 1. The van der Waals surface area contributed by atoms with Gasteiger partial charge in [-0.3, -0.25) is 0 Å². The number of amides is 2. The van der Waals surface area contributed by atoms with Crippen LogP contribution in [-0.4, -0.2) is 55.9 Å². The van der Waals surface area contributed by atoms with Crippen LogP contribution in [0, 0.1) is 5.92 Å². The van der Waals surface area contributed by atoms with Crippen molar-refractivity contribution in [2.45, 2.75) is 12.8 Å². The third-order valence-corrected chi connectivity index (χ3v) is 4.08. The molecule has 1 heterocycles. The fourth-order valence-corrected chi connectivity index (χ4v) is 2.57. The number of likely N-dealkylation sites (tertiary alicyclic amines) is 1. The van der Waals surface area contributed by atoms with E-state index in [0.717, 1.165) is 38.2 Å². The minimum absolute atomic E-state index is 0.00727. The number of anilines is 1. The van der Waals surface area contributed by atoms with Crippen LogP contribution >= 0.6 is 0 Å². The number of likely N-dealkylation sites (N-methyl/N-ethyl adjacent to an activating group) is 1. The number of rotatable bonds is 5. The molecule has 2 N–H and O–H groups in total. The van der Waals surface area contributed by atoms with E-state index in [0.29, 0.717) is 12.5 Å². The average Bonchev–Trinajstić information content (AvgIpc) is 2.55. The summed E-state index contributed by atoms with van der Waals surface area (Å²) >= 11 is 0. The van der Waals surface area contributed by atoms with E-state index < -0.39 is 0 Å². The number of hydrogen-bond donors (Lipinski definition) is 2. The summed E-state index contributed by atoms with van der Waals surface area (Å²) in [6.45, 7) is 3.13. The normalized spacial score (nSPS) is 15.8. The lowest BCUT2D eigenvalue weighted by Crippen LogP contribution is -2.46. The van der Waals surface area contributed by atoms with Gasteiger partial charge in [-0.2, -0.15) is 0 Å². The predicted octanol–water partition coefficient (Wildman–Crippen LogP) is 1.54. The maximum atomic E-state index is 12.0. The molecule has 21 heavy (non-hydrogen) atoms. The number of piperidine rings is 1. The Hall–Kier alpha value is -1.75. The van der Waals surface area contributed by atoms with Crippen LogP contribution in [-0.2, 0) is 0 Å². The lowest BCUT2D eigenvalue weighted by atomic mass is 9.98. The lowest BCUT2D eigenvalue weighted by molar-refractivity contribution is 0.137. The molecule has 5 nitrogen and oxygen atoms in total. The van der Waals surface area contributed by atoms with Gasteiger partial charge in [-0.25, -0.2) is 4.79 Å². The van der Waals surface area contributed by atoms with Crippen molar-refractivity contribution < 1.29 is 9.90 Å². The molecule has 1 aromatic rings. The first-order valence-electron chi connectivity index (χ1n) is 7.60. The number of carbonyl (C=O) groups excluding carboxylic acids is 1. The highest BCUT2D eigenvalue weighted by molar-refractivity contribution is 5.74. The molecule has 1 aliphatic rings. The Bertz CT molecular complexity index is 430.